The number of carbonyl (C=O) groups excluding carboxylic acids is 1. The summed E-state index contributed by atoms with van der Waals surface area (Å²) in [6.45, 7) is 6.79. The Kier molecular flexibility index (Phi) is 5.74. The van der Waals surface area contributed by atoms with Gasteiger partial charge in [-0.15, -0.1) is 0 Å². The van der Waals surface area contributed by atoms with Crippen molar-refractivity contribution in [2.24, 2.45) is 0 Å². The molecule has 2 aliphatic rings. The van der Waals surface area contributed by atoms with Crippen LogP contribution < -0.4 is 15.0 Å². The first-order chi connectivity index (χ1) is 15.6. The van der Waals surface area contributed by atoms with Crippen molar-refractivity contribution in [1.82, 2.24) is 9.88 Å². The molecule has 1 amide bonds. The first-order valence-electron chi connectivity index (χ1n) is 11.5. The van der Waals surface area contributed by atoms with Gasteiger partial charge in [-0.05, 0) is 61.7 Å². The van der Waals surface area contributed by atoms with E-state index in [1.807, 2.05) is 25.3 Å². The average Bonchev–Trinajstić information content (AvgIpc) is 3.20. The largest absolute Gasteiger partial charge is 0.476 e. The van der Waals surface area contributed by atoms with Crippen LogP contribution in [0.4, 0.5) is 15.8 Å². The summed E-state index contributed by atoms with van der Waals surface area (Å²) >= 11 is 0. The van der Waals surface area contributed by atoms with Crippen LogP contribution in [0, 0.1) is 5.82 Å². The van der Waals surface area contributed by atoms with E-state index in [4.69, 9.17) is 4.74 Å². The van der Waals surface area contributed by atoms with Crippen molar-refractivity contribution < 1.29 is 13.9 Å². The highest BCUT2D eigenvalue weighted by molar-refractivity contribution is 5.99. The Morgan fingerprint density at radius 3 is 2.81 bits per heavy atom. The number of anilines is 2. The molecular weight excluding hydrogens is 407 g/mol. The maximum absolute atomic E-state index is 13.6. The van der Waals surface area contributed by atoms with Crippen molar-refractivity contribution in [2.75, 3.05) is 42.9 Å². The Morgan fingerprint density at radius 2 is 2.00 bits per heavy atom. The number of para-hydroxylation sites is 1. The highest BCUT2D eigenvalue weighted by atomic mass is 19.1. The van der Waals surface area contributed by atoms with Gasteiger partial charge in [0.1, 0.15) is 5.82 Å². The molecule has 1 unspecified atom stereocenters. The lowest BCUT2D eigenvalue weighted by molar-refractivity contribution is -0.123. The van der Waals surface area contributed by atoms with E-state index in [0.717, 1.165) is 73.6 Å². The Bertz CT molecular complexity index is 1120. The number of halogens is 1. The minimum Gasteiger partial charge on any atom is -0.476 e. The number of carbonyl (C=O) groups is 1. The molecule has 0 radical (unpaired) electrons. The number of ether oxygens (including phenoxy) is 1. The van der Waals surface area contributed by atoms with Crippen LogP contribution in [0.1, 0.15) is 25.3 Å². The number of piperazine rings is 1. The van der Waals surface area contributed by atoms with Crippen molar-refractivity contribution in [3.63, 3.8) is 0 Å². The smallest absolute Gasteiger partial charge is 0.265 e. The van der Waals surface area contributed by atoms with E-state index in [2.05, 4.69) is 26.2 Å². The van der Waals surface area contributed by atoms with Crippen LogP contribution in [0.5, 0.6) is 5.75 Å². The zero-order valence-electron chi connectivity index (χ0n) is 18.4. The molecule has 1 fully saturated rings. The molecule has 0 saturated carbocycles. The summed E-state index contributed by atoms with van der Waals surface area (Å²) < 4.78 is 19.7. The van der Waals surface area contributed by atoms with Crippen LogP contribution in [0.2, 0.25) is 0 Å². The Morgan fingerprint density at radius 1 is 1.16 bits per heavy atom. The number of hydrogen-bond acceptors (Lipinski definition) is 4. The second-order valence-electron chi connectivity index (χ2n) is 8.59. The van der Waals surface area contributed by atoms with Gasteiger partial charge in [-0.2, -0.15) is 0 Å². The summed E-state index contributed by atoms with van der Waals surface area (Å²) in [5.74, 6) is 0.533. The Hall–Kier alpha value is -3.06. The molecule has 2 N–H and O–H groups in total. The van der Waals surface area contributed by atoms with Crippen LogP contribution in [-0.2, 0) is 11.2 Å². The first kappa shape index (κ1) is 20.8. The third-order valence-electron chi connectivity index (χ3n) is 6.54. The van der Waals surface area contributed by atoms with Gasteiger partial charge in [-0.3, -0.25) is 9.69 Å². The average molecular weight is 437 g/mol. The molecule has 0 bridgehead atoms. The fourth-order valence-corrected chi connectivity index (χ4v) is 4.74. The molecule has 2 aromatic carbocycles. The predicted octanol–water partition coefficient (Wildman–Crippen LogP) is 4.17. The second kappa shape index (κ2) is 8.82. The quantitative estimate of drug-likeness (QED) is 0.609. The topological polar surface area (TPSA) is 60.6 Å². The number of benzene rings is 2. The Balaban J connectivity index is 1.17. The van der Waals surface area contributed by atoms with Crippen molar-refractivity contribution in [3.05, 3.63) is 54.0 Å². The van der Waals surface area contributed by atoms with Gasteiger partial charge >= 0.3 is 0 Å². The number of nitrogens with zero attached hydrogens (tertiary/aromatic N) is 2. The minimum absolute atomic E-state index is 0.0695. The lowest BCUT2D eigenvalue weighted by atomic mass is 10.1. The fourth-order valence-electron chi connectivity index (χ4n) is 4.74. The molecular formula is C25H29FN4O2. The van der Waals surface area contributed by atoms with Gasteiger partial charge in [0.25, 0.3) is 5.91 Å². The van der Waals surface area contributed by atoms with Gasteiger partial charge in [0.2, 0.25) is 0 Å². The highest BCUT2D eigenvalue weighted by Gasteiger charge is 2.30. The molecule has 0 aliphatic carbocycles. The van der Waals surface area contributed by atoms with Crippen LogP contribution in [-0.4, -0.2) is 54.6 Å². The van der Waals surface area contributed by atoms with Crippen molar-refractivity contribution in [2.45, 2.75) is 32.3 Å². The van der Waals surface area contributed by atoms with Gasteiger partial charge in [-0.25, -0.2) is 4.39 Å². The minimum atomic E-state index is -0.428. The molecule has 168 valence electrons. The summed E-state index contributed by atoms with van der Waals surface area (Å²) in [6.07, 6.45) is 4.20. The van der Waals surface area contributed by atoms with E-state index < -0.39 is 6.10 Å². The SMILES string of the molecule is CCC1Oc2c(cccc2N2CCN(CCCc3c[nH]c4ccc(F)cc34)CC2)NC1=O. The number of aromatic nitrogens is 1. The van der Waals surface area contributed by atoms with Crippen LogP contribution in [0.25, 0.3) is 10.9 Å². The molecule has 5 rings (SSSR count). The number of rotatable bonds is 6. The first-order valence-corrected chi connectivity index (χ1v) is 11.5. The van der Waals surface area contributed by atoms with E-state index >= 15 is 0 Å². The van der Waals surface area contributed by atoms with E-state index in [1.165, 1.54) is 11.6 Å². The Labute approximate surface area is 187 Å². The standard InChI is InChI=1S/C25H29FN4O2/c1-2-23-25(31)28-21-6-3-7-22(24(21)32-23)30-13-11-29(12-14-30)10-4-5-17-16-27-20-9-8-18(26)15-19(17)20/h3,6-9,15-16,23,27H,2,4-5,10-14H2,1H3,(H,28,31). The normalized spacial score (nSPS) is 19.0. The molecule has 6 nitrogen and oxygen atoms in total. The molecule has 1 aromatic heterocycles. The van der Waals surface area contributed by atoms with Crippen molar-refractivity contribution >= 4 is 28.2 Å². The van der Waals surface area contributed by atoms with Crippen LogP contribution in [0.3, 0.4) is 0 Å². The number of amides is 1. The molecule has 7 heteroatoms. The van der Waals surface area contributed by atoms with E-state index in [0.29, 0.717) is 6.42 Å². The highest BCUT2D eigenvalue weighted by Crippen LogP contribution is 2.40. The van der Waals surface area contributed by atoms with Crippen LogP contribution in [0.15, 0.2) is 42.6 Å². The van der Waals surface area contributed by atoms with Crippen LogP contribution >= 0.6 is 0 Å². The zero-order chi connectivity index (χ0) is 22.1. The number of aromatic amines is 1. The molecule has 32 heavy (non-hydrogen) atoms. The number of hydrogen-bond donors (Lipinski definition) is 2. The molecule has 1 saturated heterocycles. The maximum Gasteiger partial charge on any atom is 0.265 e. The van der Waals surface area contributed by atoms with Gasteiger partial charge in [-0.1, -0.05) is 13.0 Å². The molecule has 1 atom stereocenters. The third kappa shape index (κ3) is 4.05. The lowest BCUT2D eigenvalue weighted by Crippen LogP contribution is -2.47. The summed E-state index contributed by atoms with van der Waals surface area (Å²) in [6, 6.07) is 10.9. The number of nitrogens with one attached hydrogen (secondary N) is 2. The van der Waals surface area contributed by atoms with Crippen molar-refractivity contribution in [1.29, 1.82) is 0 Å². The monoisotopic (exact) mass is 436 g/mol. The molecule has 0 spiro atoms. The second-order valence-corrected chi connectivity index (χ2v) is 8.59. The van der Waals surface area contributed by atoms with Crippen molar-refractivity contribution in [3.8, 4) is 5.75 Å². The van der Waals surface area contributed by atoms with E-state index in [9.17, 15) is 9.18 Å². The summed E-state index contributed by atoms with van der Waals surface area (Å²) in [5, 5.41) is 3.97. The van der Waals surface area contributed by atoms with Gasteiger partial charge in [0, 0.05) is 43.3 Å². The lowest BCUT2D eigenvalue weighted by Gasteiger charge is -2.38. The summed E-state index contributed by atoms with van der Waals surface area (Å²) in [4.78, 5) is 20.2. The van der Waals surface area contributed by atoms with E-state index in [1.54, 1.807) is 12.1 Å². The predicted molar refractivity (Wildman–Crippen MR) is 125 cm³/mol. The summed E-state index contributed by atoms with van der Waals surface area (Å²) in [7, 11) is 0. The summed E-state index contributed by atoms with van der Waals surface area (Å²) in [5.41, 5.74) is 3.99. The van der Waals surface area contributed by atoms with Gasteiger partial charge in [0.15, 0.2) is 11.9 Å². The molecule has 3 heterocycles. The maximum atomic E-state index is 13.6. The number of H-pyrrole nitrogens is 1. The number of fused-ring (bicyclic) bond motifs is 2. The third-order valence-corrected chi connectivity index (χ3v) is 6.54. The van der Waals surface area contributed by atoms with E-state index in [-0.39, 0.29) is 11.7 Å². The number of aryl methyl sites for hydroxylation is 1. The van der Waals surface area contributed by atoms with Gasteiger partial charge < -0.3 is 19.9 Å². The van der Waals surface area contributed by atoms with Gasteiger partial charge in [0.05, 0.1) is 11.4 Å². The molecule has 3 aromatic rings. The fraction of sp³-hybridized carbons (Fsp3) is 0.400. The zero-order valence-corrected chi connectivity index (χ0v) is 18.4. The molecule has 2 aliphatic heterocycles.